The molecule has 1 aromatic rings. The first kappa shape index (κ1) is 16.5. The van der Waals surface area contributed by atoms with Crippen molar-refractivity contribution in [1.29, 1.82) is 0 Å². The summed E-state index contributed by atoms with van der Waals surface area (Å²) in [6, 6.07) is 2.28. The zero-order chi connectivity index (χ0) is 15.7. The van der Waals surface area contributed by atoms with Gasteiger partial charge in [-0.1, -0.05) is 11.6 Å². The smallest absolute Gasteiger partial charge is 0.313 e. The average Bonchev–Trinajstić information content (AvgIpc) is 2.88. The topological polar surface area (TPSA) is 58.2 Å². The molecule has 1 heterocycles. The van der Waals surface area contributed by atoms with Crippen molar-refractivity contribution in [3.8, 4) is 0 Å². The maximum absolute atomic E-state index is 12.7. The van der Waals surface area contributed by atoms with Crippen LogP contribution in [0.3, 0.4) is 0 Å². The van der Waals surface area contributed by atoms with E-state index in [1.807, 2.05) is 0 Å². The minimum absolute atomic E-state index is 0.000968. The first-order valence-electron chi connectivity index (χ1n) is 6.29. The Morgan fingerprint density at radius 1 is 1.33 bits per heavy atom. The number of rotatable bonds is 4. The Kier molecular flexibility index (Phi) is 4.82. The summed E-state index contributed by atoms with van der Waals surface area (Å²) >= 11 is 5.58. The zero-order valence-electron chi connectivity index (χ0n) is 10.9. The summed E-state index contributed by atoms with van der Waals surface area (Å²) < 4.78 is 64.5. The highest BCUT2D eigenvalue weighted by Gasteiger charge is 2.32. The average molecular weight is 343 g/mol. The van der Waals surface area contributed by atoms with Gasteiger partial charge in [0.1, 0.15) is 0 Å². The molecule has 0 saturated carbocycles. The van der Waals surface area contributed by atoms with Gasteiger partial charge < -0.3 is 5.32 Å². The summed E-state index contributed by atoms with van der Waals surface area (Å²) in [7, 11) is -4.03. The van der Waals surface area contributed by atoms with Crippen LogP contribution in [0.5, 0.6) is 0 Å². The van der Waals surface area contributed by atoms with E-state index in [2.05, 4.69) is 10.0 Å². The molecule has 118 valence electrons. The van der Waals surface area contributed by atoms with Crippen molar-refractivity contribution >= 4 is 21.6 Å². The zero-order valence-corrected chi connectivity index (χ0v) is 12.4. The van der Waals surface area contributed by atoms with E-state index in [1.165, 1.54) is 0 Å². The fourth-order valence-corrected chi connectivity index (χ4v) is 3.56. The van der Waals surface area contributed by atoms with Gasteiger partial charge in [0.05, 0.1) is 10.5 Å². The SMILES string of the molecule is O=S(=O)(NCC1CCCN1)c1cc(Cl)cc(C(F)(F)F)c1. The molecular weight excluding hydrogens is 329 g/mol. The highest BCUT2D eigenvalue weighted by Crippen LogP contribution is 2.32. The lowest BCUT2D eigenvalue weighted by molar-refractivity contribution is -0.137. The van der Waals surface area contributed by atoms with Crippen LogP contribution >= 0.6 is 11.6 Å². The number of halogens is 4. The monoisotopic (exact) mass is 342 g/mol. The van der Waals surface area contributed by atoms with Gasteiger partial charge in [-0.25, -0.2) is 13.1 Å². The Morgan fingerprint density at radius 3 is 2.62 bits per heavy atom. The molecule has 1 aromatic carbocycles. The van der Waals surface area contributed by atoms with Gasteiger partial charge in [-0.2, -0.15) is 13.2 Å². The Bertz CT molecular complexity index is 613. The normalized spacial score (nSPS) is 19.9. The van der Waals surface area contributed by atoms with Crippen molar-refractivity contribution in [2.24, 2.45) is 0 Å². The van der Waals surface area contributed by atoms with Gasteiger partial charge in [-0.3, -0.25) is 0 Å². The minimum atomic E-state index is -4.65. The summed E-state index contributed by atoms with van der Waals surface area (Å²) in [5.41, 5.74) is -1.09. The van der Waals surface area contributed by atoms with Crippen LogP contribution in [0, 0.1) is 0 Å². The molecule has 1 fully saturated rings. The number of hydrogen-bond acceptors (Lipinski definition) is 3. The standard InChI is InChI=1S/C12H14ClF3N2O2S/c13-9-4-8(12(14,15)16)5-11(6-9)21(19,20)18-7-10-2-1-3-17-10/h4-6,10,17-18H,1-3,7H2. The Hall–Kier alpha value is -0.830. The summed E-state index contributed by atoms with van der Waals surface area (Å²) in [4.78, 5) is -0.486. The maximum atomic E-state index is 12.7. The second-order valence-corrected chi connectivity index (χ2v) is 7.02. The summed E-state index contributed by atoms with van der Waals surface area (Å²) in [6.45, 7) is 0.942. The van der Waals surface area contributed by atoms with E-state index < -0.39 is 26.7 Å². The quantitative estimate of drug-likeness (QED) is 0.883. The van der Waals surface area contributed by atoms with Gasteiger partial charge in [0, 0.05) is 17.6 Å². The van der Waals surface area contributed by atoms with Gasteiger partial charge in [-0.05, 0) is 37.6 Å². The molecule has 1 atom stereocenters. The predicted molar refractivity (Wildman–Crippen MR) is 72.7 cm³/mol. The molecule has 0 radical (unpaired) electrons. The number of sulfonamides is 1. The van der Waals surface area contributed by atoms with Crippen molar-refractivity contribution < 1.29 is 21.6 Å². The van der Waals surface area contributed by atoms with E-state index in [0.717, 1.165) is 25.5 Å². The molecule has 4 nitrogen and oxygen atoms in total. The lowest BCUT2D eigenvalue weighted by Crippen LogP contribution is -2.37. The van der Waals surface area contributed by atoms with E-state index >= 15 is 0 Å². The van der Waals surface area contributed by atoms with Gasteiger partial charge in [0.2, 0.25) is 10.0 Å². The molecule has 2 N–H and O–H groups in total. The lowest BCUT2D eigenvalue weighted by atomic mass is 10.2. The van der Waals surface area contributed by atoms with Gasteiger partial charge in [0.25, 0.3) is 0 Å². The highest BCUT2D eigenvalue weighted by atomic mass is 35.5. The second kappa shape index (κ2) is 6.12. The number of hydrogen-bond donors (Lipinski definition) is 2. The van der Waals surface area contributed by atoms with E-state index in [9.17, 15) is 21.6 Å². The molecule has 1 unspecified atom stereocenters. The first-order chi connectivity index (χ1) is 9.68. The lowest BCUT2D eigenvalue weighted by Gasteiger charge is -2.14. The molecule has 1 saturated heterocycles. The number of alkyl halides is 3. The van der Waals surface area contributed by atoms with Gasteiger partial charge in [0.15, 0.2) is 0 Å². The molecule has 1 aliphatic rings. The van der Waals surface area contributed by atoms with Crippen LogP contribution in [0.4, 0.5) is 13.2 Å². The number of benzene rings is 1. The van der Waals surface area contributed by atoms with Crippen LogP contribution < -0.4 is 10.0 Å². The van der Waals surface area contributed by atoms with Crippen LogP contribution in [-0.2, 0) is 16.2 Å². The Morgan fingerprint density at radius 2 is 2.05 bits per heavy atom. The van der Waals surface area contributed by atoms with Crippen LogP contribution in [0.2, 0.25) is 5.02 Å². The van der Waals surface area contributed by atoms with Crippen molar-refractivity contribution in [2.75, 3.05) is 13.1 Å². The van der Waals surface area contributed by atoms with Crippen LogP contribution in [-0.4, -0.2) is 27.5 Å². The van der Waals surface area contributed by atoms with Crippen molar-refractivity contribution in [2.45, 2.75) is 30.0 Å². The van der Waals surface area contributed by atoms with Gasteiger partial charge >= 0.3 is 6.18 Å². The molecule has 0 spiro atoms. The second-order valence-electron chi connectivity index (χ2n) is 4.82. The Labute approximate surface area is 125 Å². The molecule has 0 amide bonds. The first-order valence-corrected chi connectivity index (χ1v) is 8.15. The molecule has 21 heavy (non-hydrogen) atoms. The third-order valence-corrected chi connectivity index (χ3v) is 4.81. The summed E-state index contributed by atoms with van der Waals surface area (Å²) in [5.74, 6) is 0. The van der Waals surface area contributed by atoms with Crippen molar-refractivity contribution in [1.82, 2.24) is 10.0 Å². The summed E-state index contributed by atoms with van der Waals surface area (Å²) in [5, 5.41) is 2.82. The highest BCUT2D eigenvalue weighted by molar-refractivity contribution is 7.89. The summed E-state index contributed by atoms with van der Waals surface area (Å²) in [6.07, 6.45) is -2.88. The molecule has 0 bridgehead atoms. The molecule has 9 heteroatoms. The van der Waals surface area contributed by atoms with E-state index in [4.69, 9.17) is 11.6 Å². The fourth-order valence-electron chi connectivity index (χ4n) is 2.11. The number of nitrogens with one attached hydrogen (secondary N) is 2. The van der Waals surface area contributed by atoms with Crippen molar-refractivity contribution in [3.63, 3.8) is 0 Å². The minimum Gasteiger partial charge on any atom is -0.313 e. The third-order valence-electron chi connectivity index (χ3n) is 3.19. The van der Waals surface area contributed by atoms with Gasteiger partial charge in [-0.15, -0.1) is 0 Å². The van der Waals surface area contributed by atoms with Crippen LogP contribution in [0.25, 0.3) is 0 Å². The predicted octanol–water partition coefficient (Wildman–Crippen LogP) is 2.39. The van der Waals surface area contributed by atoms with Crippen LogP contribution in [0.1, 0.15) is 18.4 Å². The Balaban J connectivity index is 2.20. The molecule has 2 rings (SSSR count). The van der Waals surface area contributed by atoms with E-state index in [-0.39, 0.29) is 17.6 Å². The third kappa shape index (κ3) is 4.32. The van der Waals surface area contributed by atoms with E-state index in [1.54, 1.807) is 0 Å². The van der Waals surface area contributed by atoms with Crippen molar-refractivity contribution in [3.05, 3.63) is 28.8 Å². The fraction of sp³-hybridized carbons (Fsp3) is 0.500. The van der Waals surface area contributed by atoms with E-state index in [0.29, 0.717) is 12.1 Å². The molecule has 0 aliphatic carbocycles. The molecule has 0 aromatic heterocycles. The molecule has 1 aliphatic heterocycles. The molecular formula is C12H14ClF3N2O2S. The van der Waals surface area contributed by atoms with Crippen LogP contribution in [0.15, 0.2) is 23.1 Å². The largest absolute Gasteiger partial charge is 0.416 e. The maximum Gasteiger partial charge on any atom is 0.416 e.